The van der Waals surface area contributed by atoms with Crippen molar-refractivity contribution >= 4 is 0 Å². The Hall–Kier alpha value is -0.900. The molecular weight excluding hydrogens is 176 g/mol. The minimum Gasteiger partial charge on any atom is -0.321 e. The molecule has 0 aromatic carbocycles. The molecule has 1 saturated carbocycles. The molecule has 0 aliphatic heterocycles. The molecule has 1 unspecified atom stereocenters. The van der Waals surface area contributed by atoms with Crippen LogP contribution in [0.2, 0.25) is 0 Å². The number of H-pyrrole nitrogens is 1. The van der Waals surface area contributed by atoms with Crippen LogP contribution in [0.4, 0.5) is 0 Å². The van der Waals surface area contributed by atoms with Crippen molar-refractivity contribution in [3.05, 3.63) is 11.6 Å². The fraction of sp³-hybridized carbons (Fsp3) is 0.800. The number of nitrogens with zero attached hydrogens (tertiary/aromatic N) is 2. The molecule has 1 aliphatic carbocycles. The number of nitrogens with two attached hydrogens (primary N) is 1. The largest absolute Gasteiger partial charge is 0.321 e. The zero-order chi connectivity index (χ0) is 9.97. The SMILES string of the molecule is Cc1nc(C(N)C2CCCCC2)n[nH]1. The summed E-state index contributed by atoms with van der Waals surface area (Å²) in [7, 11) is 0. The van der Waals surface area contributed by atoms with Crippen LogP contribution in [0.25, 0.3) is 0 Å². The van der Waals surface area contributed by atoms with Gasteiger partial charge >= 0.3 is 0 Å². The van der Waals surface area contributed by atoms with Gasteiger partial charge in [0.05, 0.1) is 6.04 Å². The Balaban J connectivity index is 2.03. The Bertz CT molecular complexity index is 288. The molecule has 3 N–H and O–H groups in total. The van der Waals surface area contributed by atoms with Gasteiger partial charge in [-0.2, -0.15) is 5.10 Å². The van der Waals surface area contributed by atoms with Crippen molar-refractivity contribution in [1.29, 1.82) is 0 Å². The molecule has 0 bridgehead atoms. The van der Waals surface area contributed by atoms with Crippen molar-refractivity contribution in [2.24, 2.45) is 11.7 Å². The van der Waals surface area contributed by atoms with E-state index in [0.717, 1.165) is 11.6 Å². The number of aromatic amines is 1. The van der Waals surface area contributed by atoms with E-state index in [1.54, 1.807) is 0 Å². The summed E-state index contributed by atoms with van der Waals surface area (Å²) in [6, 6.07) is 0.0280. The molecule has 14 heavy (non-hydrogen) atoms. The molecule has 0 saturated heterocycles. The molecule has 0 radical (unpaired) electrons. The highest BCUT2D eigenvalue weighted by Gasteiger charge is 2.24. The second-order valence-corrected chi connectivity index (χ2v) is 4.20. The average Bonchev–Trinajstić information content (AvgIpc) is 2.65. The van der Waals surface area contributed by atoms with Gasteiger partial charge in [-0.25, -0.2) is 4.98 Å². The molecule has 1 aromatic heterocycles. The maximum Gasteiger partial charge on any atom is 0.167 e. The predicted molar refractivity (Wildman–Crippen MR) is 54.6 cm³/mol. The van der Waals surface area contributed by atoms with Gasteiger partial charge in [-0.3, -0.25) is 5.10 Å². The van der Waals surface area contributed by atoms with Crippen LogP contribution in [-0.2, 0) is 0 Å². The quantitative estimate of drug-likeness (QED) is 0.752. The molecule has 1 heterocycles. The lowest BCUT2D eigenvalue weighted by molar-refractivity contribution is 0.301. The molecule has 78 valence electrons. The van der Waals surface area contributed by atoms with Crippen molar-refractivity contribution in [3.8, 4) is 0 Å². The number of rotatable bonds is 2. The standard InChI is InChI=1S/C10H18N4/c1-7-12-10(14-13-7)9(11)8-5-3-2-4-6-8/h8-9H,2-6,11H2,1H3,(H,12,13,14). The molecule has 1 atom stereocenters. The third kappa shape index (κ3) is 1.95. The number of nitrogens with one attached hydrogen (secondary N) is 1. The first-order valence-corrected chi connectivity index (χ1v) is 5.42. The molecule has 1 aromatic rings. The van der Waals surface area contributed by atoms with Gasteiger partial charge in [-0.15, -0.1) is 0 Å². The molecule has 0 amide bonds. The van der Waals surface area contributed by atoms with Crippen LogP contribution in [0, 0.1) is 12.8 Å². The monoisotopic (exact) mass is 194 g/mol. The Labute approximate surface area is 84.3 Å². The van der Waals surface area contributed by atoms with Crippen molar-refractivity contribution in [2.75, 3.05) is 0 Å². The summed E-state index contributed by atoms with van der Waals surface area (Å²) in [6.45, 7) is 1.91. The highest BCUT2D eigenvalue weighted by Crippen LogP contribution is 2.31. The summed E-state index contributed by atoms with van der Waals surface area (Å²) < 4.78 is 0. The molecule has 4 heteroatoms. The van der Waals surface area contributed by atoms with Crippen LogP contribution in [0.1, 0.15) is 49.8 Å². The minimum absolute atomic E-state index is 0.0280. The van der Waals surface area contributed by atoms with Gasteiger partial charge in [0.15, 0.2) is 5.82 Å². The van der Waals surface area contributed by atoms with Gasteiger partial charge in [0.2, 0.25) is 0 Å². The van der Waals surface area contributed by atoms with Crippen LogP contribution in [0.15, 0.2) is 0 Å². The Kier molecular flexibility index (Phi) is 2.82. The third-order valence-electron chi connectivity index (χ3n) is 3.07. The maximum absolute atomic E-state index is 6.14. The smallest absolute Gasteiger partial charge is 0.167 e. The Morgan fingerprint density at radius 2 is 2.07 bits per heavy atom. The maximum atomic E-state index is 6.14. The summed E-state index contributed by atoms with van der Waals surface area (Å²) in [5.41, 5.74) is 6.14. The topological polar surface area (TPSA) is 67.6 Å². The molecule has 2 rings (SSSR count). The van der Waals surface area contributed by atoms with Gasteiger partial charge in [-0.1, -0.05) is 19.3 Å². The zero-order valence-corrected chi connectivity index (χ0v) is 8.66. The van der Waals surface area contributed by atoms with Gasteiger partial charge in [0.1, 0.15) is 5.82 Å². The van der Waals surface area contributed by atoms with Gasteiger partial charge in [-0.05, 0) is 25.7 Å². The summed E-state index contributed by atoms with van der Waals surface area (Å²) >= 11 is 0. The highest BCUT2D eigenvalue weighted by molar-refractivity contribution is 4.97. The van der Waals surface area contributed by atoms with Crippen LogP contribution in [0.3, 0.4) is 0 Å². The van der Waals surface area contributed by atoms with Crippen molar-refractivity contribution < 1.29 is 0 Å². The number of aryl methyl sites for hydroxylation is 1. The van der Waals surface area contributed by atoms with E-state index in [4.69, 9.17) is 5.73 Å². The molecular formula is C10H18N4. The van der Waals surface area contributed by atoms with Gasteiger partial charge < -0.3 is 5.73 Å². The van der Waals surface area contributed by atoms with E-state index >= 15 is 0 Å². The Morgan fingerprint density at radius 1 is 1.36 bits per heavy atom. The molecule has 0 spiro atoms. The van der Waals surface area contributed by atoms with Crippen LogP contribution >= 0.6 is 0 Å². The van der Waals surface area contributed by atoms with Gasteiger partial charge in [0.25, 0.3) is 0 Å². The fourth-order valence-corrected chi connectivity index (χ4v) is 2.21. The van der Waals surface area contributed by atoms with E-state index in [2.05, 4.69) is 15.2 Å². The highest BCUT2D eigenvalue weighted by atomic mass is 15.2. The third-order valence-corrected chi connectivity index (χ3v) is 3.07. The van der Waals surface area contributed by atoms with Crippen molar-refractivity contribution in [1.82, 2.24) is 15.2 Å². The van der Waals surface area contributed by atoms with Crippen molar-refractivity contribution in [3.63, 3.8) is 0 Å². The van der Waals surface area contributed by atoms with Crippen LogP contribution in [-0.4, -0.2) is 15.2 Å². The molecule has 1 fully saturated rings. The lowest BCUT2D eigenvalue weighted by atomic mass is 9.84. The number of hydrogen-bond acceptors (Lipinski definition) is 3. The lowest BCUT2D eigenvalue weighted by Crippen LogP contribution is -2.24. The molecule has 1 aliphatic rings. The summed E-state index contributed by atoms with van der Waals surface area (Å²) in [5, 5.41) is 6.98. The second kappa shape index (κ2) is 4.09. The van der Waals surface area contributed by atoms with E-state index in [9.17, 15) is 0 Å². The first-order chi connectivity index (χ1) is 6.77. The normalized spacial score (nSPS) is 21.0. The number of hydrogen-bond donors (Lipinski definition) is 2. The number of aromatic nitrogens is 3. The first kappa shape index (κ1) is 9.65. The van der Waals surface area contributed by atoms with Crippen LogP contribution < -0.4 is 5.73 Å². The Morgan fingerprint density at radius 3 is 2.64 bits per heavy atom. The average molecular weight is 194 g/mol. The summed E-state index contributed by atoms with van der Waals surface area (Å²) in [6.07, 6.45) is 6.43. The van der Waals surface area contributed by atoms with E-state index in [1.807, 2.05) is 6.92 Å². The minimum atomic E-state index is 0.0280. The second-order valence-electron chi connectivity index (χ2n) is 4.20. The predicted octanol–water partition coefficient (Wildman–Crippen LogP) is 1.69. The van der Waals surface area contributed by atoms with E-state index in [-0.39, 0.29) is 6.04 Å². The van der Waals surface area contributed by atoms with E-state index in [0.29, 0.717) is 5.92 Å². The summed E-state index contributed by atoms with van der Waals surface area (Å²) in [4.78, 5) is 4.29. The van der Waals surface area contributed by atoms with E-state index < -0.39 is 0 Å². The first-order valence-electron chi connectivity index (χ1n) is 5.42. The molecule has 4 nitrogen and oxygen atoms in total. The summed E-state index contributed by atoms with van der Waals surface area (Å²) in [5.74, 6) is 2.22. The van der Waals surface area contributed by atoms with Crippen LogP contribution in [0.5, 0.6) is 0 Å². The van der Waals surface area contributed by atoms with Crippen molar-refractivity contribution in [2.45, 2.75) is 45.1 Å². The van der Waals surface area contributed by atoms with E-state index in [1.165, 1.54) is 32.1 Å². The fourth-order valence-electron chi connectivity index (χ4n) is 2.21. The van der Waals surface area contributed by atoms with Gasteiger partial charge in [0, 0.05) is 0 Å². The lowest BCUT2D eigenvalue weighted by Gasteiger charge is -2.25. The zero-order valence-electron chi connectivity index (χ0n) is 8.66.